The number of carbonyl (C=O) groups is 1. The first-order valence-corrected chi connectivity index (χ1v) is 9.05. The van der Waals surface area contributed by atoms with Gasteiger partial charge in [0.05, 0.1) is 14.2 Å². The highest BCUT2D eigenvalue weighted by molar-refractivity contribution is 5.95. The van der Waals surface area contributed by atoms with Crippen molar-refractivity contribution in [3.05, 3.63) is 23.8 Å². The lowest BCUT2D eigenvalue weighted by molar-refractivity contribution is 0.0474. The van der Waals surface area contributed by atoms with E-state index in [4.69, 9.17) is 9.47 Å². The summed E-state index contributed by atoms with van der Waals surface area (Å²) in [6, 6.07) is 6.03. The van der Waals surface area contributed by atoms with Crippen LogP contribution in [-0.2, 0) is 0 Å². The minimum absolute atomic E-state index is 0.0558. The van der Waals surface area contributed by atoms with Gasteiger partial charge in [-0.05, 0) is 45.1 Å². The Balaban J connectivity index is 1.60. The first kappa shape index (κ1) is 18.0. The fraction of sp³-hybridized carbons (Fsp3) is 0.632. The Kier molecular flexibility index (Phi) is 5.81. The van der Waals surface area contributed by atoms with Crippen LogP contribution < -0.4 is 9.47 Å². The molecular formula is C19H29N3O3. The van der Waals surface area contributed by atoms with E-state index in [1.807, 2.05) is 4.90 Å². The number of piperazine rings is 1. The van der Waals surface area contributed by atoms with Gasteiger partial charge in [-0.15, -0.1) is 0 Å². The van der Waals surface area contributed by atoms with Crippen molar-refractivity contribution in [2.45, 2.75) is 18.9 Å². The van der Waals surface area contributed by atoms with Gasteiger partial charge >= 0.3 is 0 Å². The lowest BCUT2D eigenvalue weighted by atomic mass is 10.0. The van der Waals surface area contributed by atoms with E-state index in [2.05, 4.69) is 16.8 Å². The van der Waals surface area contributed by atoms with Crippen molar-refractivity contribution in [2.75, 3.05) is 60.5 Å². The van der Waals surface area contributed by atoms with Crippen molar-refractivity contribution in [1.29, 1.82) is 0 Å². The summed E-state index contributed by atoms with van der Waals surface area (Å²) in [5, 5.41) is 0. The number of rotatable bonds is 4. The number of benzene rings is 1. The second-order valence-corrected chi connectivity index (χ2v) is 6.96. The van der Waals surface area contributed by atoms with Crippen LogP contribution in [0.3, 0.4) is 0 Å². The maximum Gasteiger partial charge on any atom is 0.254 e. The predicted molar refractivity (Wildman–Crippen MR) is 97.5 cm³/mol. The second kappa shape index (κ2) is 8.06. The number of hydrogen-bond donors (Lipinski definition) is 0. The van der Waals surface area contributed by atoms with E-state index in [-0.39, 0.29) is 5.91 Å². The van der Waals surface area contributed by atoms with Gasteiger partial charge in [-0.25, -0.2) is 0 Å². The Morgan fingerprint density at radius 3 is 2.00 bits per heavy atom. The molecule has 2 heterocycles. The summed E-state index contributed by atoms with van der Waals surface area (Å²) in [6.07, 6.45) is 2.47. The molecule has 6 nitrogen and oxygen atoms in total. The van der Waals surface area contributed by atoms with Crippen molar-refractivity contribution >= 4 is 5.91 Å². The SMILES string of the molecule is COc1cc(OC)cc(C(=O)N2CCN(C3CCN(C)CC3)CC2)c1. The lowest BCUT2D eigenvalue weighted by Crippen LogP contribution is -2.54. The molecule has 1 aromatic rings. The Bertz CT molecular complexity index is 569. The minimum Gasteiger partial charge on any atom is -0.497 e. The molecule has 2 aliphatic rings. The quantitative estimate of drug-likeness (QED) is 0.827. The van der Waals surface area contributed by atoms with E-state index in [0.717, 1.165) is 26.2 Å². The van der Waals surface area contributed by atoms with E-state index in [0.29, 0.717) is 23.1 Å². The average molecular weight is 347 g/mol. The molecule has 0 N–H and O–H groups in total. The number of likely N-dealkylation sites (tertiary alicyclic amines) is 1. The minimum atomic E-state index is 0.0558. The Labute approximate surface area is 150 Å². The van der Waals surface area contributed by atoms with Crippen LogP contribution in [0.1, 0.15) is 23.2 Å². The molecule has 0 atom stereocenters. The van der Waals surface area contributed by atoms with Crippen molar-refractivity contribution in [1.82, 2.24) is 14.7 Å². The number of piperidine rings is 1. The number of ether oxygens (including phenoxy) is 2. The van der Waals surface area contributed by atoms with Gasteiger partial charge in [-0.1, -0.05) is 0 Å². The van der Waals surface area contributed by atoms with Crippen LogP contribution in [0.4, 0.5) is 0 Å². The molecule has 1 aromatic carbocycles. The molecule has 0 aromatic heterocycles. The van der Waals surface area contributed by atoms with Gasteiger partial charge in [0.25, 0.3) is 5.91 Å². The Morgan fingerprint density at radius 2 is 1.48 bits per heavy atom. The number of methoxy groups -OCH3 is 2. The number of nitrogens with zero attached hydrogens (tertiary/aromatic N) is 3. The van der Waals surface area contributed by atoms with E-state index in [9.17, 15) is 4.79 Å². The van der Waals surface area contributed by atoms with Crippen LogP contribution in [0.15, 0.2) is 18.2 Å². The maximum absolute atomic E-state index is 12.9. The molecule has 25 heavy (non-hydrogen) atoms. The standard InChI is InChI=1S/C19H29N3O3/c1-20-6-4-16(5-7-20)21-8-10-22(11-9-21)19(23)15-12-17(24-2)14-18(13-15)25-3/h12-14,16H,4-11H2,1-3H3. The highest BCUT2D eigenvalue weighted by atomic mass is 16.5. The van der Waals surface area contributed by atoms with Crippen LogP contribution in [0.5, 0.6) is 11.5 Å². The fourth-order valence-corrected chi connectivity index (χ4v) is 3.76. The van der Waals surface area contributed by atoms with Gasteiger partial charge in [-0.3, -0.25) is 9.69 Å². The van der Waals surface area contributed by atoms with Crippen LogP contribution in [0.2, 0.25) is 0 Å². The van der Waals surface area contributed by atoms with Gasteiger partial charge in [0.1, 0.15) is 11.5 Å². The monoisotopic (exact) mass is 347 g/mol. The Morgan fingerprint density at radius 1 is 0.920 bits per heavy atom. The van der Waals surface area contributed by atoms with Crippen molar-refractivity contribution in [3.8, 4) is 11.5 Å². The molecule has 2 fully saturated rings. The molecule has 2 aliphatic heterocycles. The zero-order chi connectivity index (χ0) is 17.8. The van der Waals surface area contributed by atoms with Crippen molar-refractivity contribution in [3.63, 3.8) is 0 Å². The second-order valence-electron chi connectivity index (χ2n) is 6.96. The van der Waals surface area contributed by atoms with Crippen molar-refractivity contribution in [2.24, 2.45) is 0 Å². The number of carbonyl (C=O) groups excluding carboxylic acids is 1. The van der Waals surface area contributed by atoms with Crippen LogP contribution >= 0.6 is 0 Å². The third kappa shape index (κ3) is 4.25. The van der Waals surface area contributed by atoms with Crippen LogP contribution in [0.25, 0.3) is 0 Å². The topological polar surface area (TPSA) is 45.3 Å². The zero-order valence-electron chi connectivity index (χ0n) is 15.5. The fourth-order valence-electron chi connectivity index (χ4n) is 3.76. The van der Waals surface area contributed by atoms with Gasteiger partial charge < -0.3 is 19.3 Å². The van der Waals surface area contributed by atoms with Crippen LogP contribution in [0, 0.1) is 0 Å². The van der Waals surface area contributed by atoms with E-state index in [1.54, 1.807) is 32.4 Å². The molecule has 2 saturated heterocycles. The van der Waals surface area contributed by atoms with Crippen LogP contribution in [-0.4, -0.2) is 87.2 Å². The molecule has 6 heteroatoms. The molecule has 0 aliphatic carbocycles. The van der Waals surface area contributed by atoms with Gasteiger partial charge in [-0.2, -0.15) is 0 Å². The molecule has 3 rings (SSSR count). The summed E-state index contributed by atoms with van der Waals surface area (Å²) in [7, 11) is 5.39. The summed E-state index contributed by atoms with van der Waals surface area (Å²) in [6.45, 7) is 5.83. The van der Waals surface area contributed by atoms with E-state index < -0.39 is 0 Å². The highest BCUT2D eigenvalue weighted by Crippen LogP contribution is 2.24. The predicted octanol–water partition coefficient (Wildman–Crippen LogP) is 1.56. The normalized spacial score (nSPS) is 20.5. The van der Waals surface area contributed by atoms with Gasteiger partial charge in [0, 0.05) is 43.9 Å². The largest absolute Gasteiger partial charge is 0.497 e. The Hall–Kier alpha value is -1.79. The zero-order valence-corrected chi connectivity index (χ0v) is 15.5. The average Bonchev–Trinajstić information content (AvgIpc) is 2.67. The molecule has 0 bridgehead atoms. The highest BCUT2D eigenvalue weighted by Gasteiger charge is 2.28. The third-order valence-electron chi connectivity index (χ3n) is 5.40. The first-order chi connectivity index (χ1) is 12.1. The molecule has 138 valence electrons. The van der Waals surface area contributed by atoms with E-state index in [1.165, 1.54) is 25.9 Å². The number of hydrogen-bond acceptors (Lipinski definition) is 5. The summed E-state index contributed by atoms with van der Waals surface area (Å²) in [5.41, 5.74) is 0.629. The number of amides is 1. The summed E-state index contributed by atoms with van der Waals surface area (Å²) >= 11 is 0. The first-order valence-electron chi connectivity index (χ1n) is 9.05. The smallest absolute Gasteiger partial charge is 0.254 e. The van der Waals surface area contributed by atoms with Gasteiger partial charge in [0.2, 0.25) is 0 Å². The summed E-state index contributed by atoms with van der Waals surface area (Å²) in [4.78, 5) is 19.7. The lowest BCUT2D eigenvalue weighted by Gasteiger charge is -2.42. The van der Waals surface area contributed by atoms with E-state index >= 15 is 0 Å². The molecule has 0 radical (unpaired) electrons. The molecule has 1 amide bonds. The summed E-state index contributed by atoms with van der Waals surface area (Å²) in [5.74, 6) is 1.35. The van der Waals surface area contributed by atoms with Gasteiger partial charge in [0.15, 0.2) is 0 Å². The third-order valence-corrected chi connectivity index (χ3v) is 5.40. The van der Waals surface area contributed by atoms with Crippen molar-refractivity contribution < 1.29 is 14.3 Å². The molecule has 0 saturated carbocycles. The molecule has 0 spiro atoms. The summed E-state index contributed by atoms with van der Waals surface area (Å²) < 4.78 is 10.6. The maximum atomic E-state index is 12.9. The molecule has 0 unspecified atom stereocenters. The molecular weight excluding hydrogens is 318 g/mol.